The van der Waals surface area contributed by atoms with Gasteiger partial charge in [0.15, 0.2) is 0 Å². The number of hydrogen-bond donors (Lipinski definition) is 1. The molecule has 1 aliphatic rings. The summed E-state index contributed by atoms with van der Waals surface area (Å²) in [4.78, 5) is 24.4. The summed E-state index contributed by atoms with van der Waals surface area (Å²) >= 11 is 0. The first kappa shape index (κ1) is 20.5. The molecule has 0 spiro atoms. The number of hydrogen-bond acceptors (Lipinski definition) is 4. The van der Waals surface area contributed by atoms with E-state index in [1.807, 2.05) is 66.7 Å². The Bertz CT molecular complexity index is 1420. The second kappa shape index (κ2) is 8.27. The van der Waals surface area contributed by atoms with Gasteiger partial charge in [0, 0.05) is 18.1 Å². The monoisotopic (exact) mass is 439 g/mol. The van der Waals surface area contributed by atoms with Crippen LogP contribution >= 0.6 is 0 Å². The number of nitro benzene ring substituents is 1. The predicted octanol–water partition coefficient (Wildman–Crippen LogP) is 5.16. The van der Waals surface area contributed by atoms with Gasteiger partial charge in [-0.2, -0.15) is 0 Å². The Kier molecular flexibility index (Phi) is 5.14. The summed E-state index contributed by atoms with van der Waals surface area (Å²) in [6.45, 7) is 0. The van der Waals surface area contributed by atoms with Crippen LogP contribution in [0.2, 0.25) is 0 Å². The van der Waals surface area contributed by atoms with Gasteiger partial charge in [0.25, 0.3) is 11.2 Å². The number of non-ortho nitro benzene ring substituents is 1. The Morgan fingerprint density at radius 3 is 2.48 bits per heavy atom. The Morgan fingerprint density at radius 2 is 1.79 bits per heavy atom. The summed E-state index contributed by atoms with van der Waals surface area (Å²) in [5.41, 5.74) is 4.73. The van der Waals surface area contributed by atoms with Crippen molar-refractivity contribution in [1.82, 2.24) is 9.78 Å². The van der Waals surface area contributed by atoms with E-state index in [1.54, 1.807) is 23.9 Å². The quantitative estimate of drug-likeness (QED) is 0.344. The van der Waals surface area contributed by atoms with Crippen LogP contribution in [0.15, 0.2) is 83.7 Å². The number of aromatic amines is 1. The summed E-state index contributed by atoms with van der Waals surface area (Å²) in [7, 11) is 1.61. The van der Waals surface area contributed by atoms with E-state index in [4.69, 9.17) is 4.74 Å². The van der Waals surface area contributed by atoms with Crippen LogP contribution < -0.4 is 10.3 Å². The molecule has 164 valence electrons. The van der Waals surface area contributed by atoms with Crippen molar-refractivity contribution >= 4 is 17.3 Å². The Morgan fingerprint density at radius 1 is 1.03 bits per heavy atom. The van der Waals surface area contributed by atoms with Crippen molar-refractivity contribution in [2.24, 2.45) is 0 Å². The van der Waals surface area contributed by atoms with Crippen LogP contribution in [-0.4, -0.2) is 21.8 Å². The number of nitrogens with one attached hydrogen (secondary N) is 1. The van der Waals surface area contributed by atoms with E-state index in [0.717, 1.165) is 28.1 Å². The molecule has 0 radical (unpaired) electrons. The van der Waals surface area contributed by atoms with Crippen molar-refractivity contribution in [2.45, 2.75) is 12.3 Å². The van der Waals surface area contributed by atoms with Gasteiger partial charge in [0.1, 0.15) is 5.75 Å². The van der Waals surface area contributed by atoms with Crippen molar-refractivity contribution in [3.63, 3.8) is 0 Å². The maximum atomic E-state index is 13.5. The molecule has 33 heavy (non-hydrogen) atoms. The van der Waals surface area contributed by atoms with Crippen molar-refractivity contribution in [3.8, 4) is 11.4 Å². The first-order valence-corrected chi connectivity index (χ1v) is 10.5. The minimum absolute atomic E-state index is 0.0375. The molecule has 4 aromatic rings. The fourth-order valence-electron chi connectivity index (χ4n) is 4.37. The van der Waals surface area contributed by atoms with Crippen LogP contribution in [0.5, 0.6) is 5.75 Å². The molecule has 7 heteroatoms. The summed E-state index contributed by atoms with van der Waals surface area (Å²) in [5, 5.41) is 14.6. The second-order valence-electron chi connectivity index (χ2n) is 7.92. The van der Waals surface area contributed by atoms with Crippen LogP contribution in [0.1, 0.15) is 34.7 Å². The molecular formula is C26H21N3O4. The normalized spacial score (nSPS) is 14.9. The number of nitrogens with zero attached hydrogens (tertiary/aromatic N) is 2. The Hall–Kier alpha value is -4.39. The van der Waals surface area contributed by atoms with E-state index in [0.29, 0.717) is 17.7 Å². The predicted molar refractivity (Wildman–Crippen MR) is 127 cm³/mol. The topological polar surface area (TPSA) is 90.2 Å². The van der Waals surface area contributed by atoms with E-state index >= 15 is 0 Å². The summed E-state index contributed by atoms with van der Waals surface area (Å²) < 4.78 is 6.84. The maximum absolute atomic E-state index is 13.5. The number of nitro groups is 1. The molecule has 0 aliphatic heterocycles. The van der Waals surface area contributed by atoms with Crippen molar-refractivity contribution in [3.05, 3.63) is 122 Å². The molecule has 5 rings (SSSR count). The minimum Gasteiger partial charge on any atom is -0.497 e. The molecule has 1 aliphatic carbocycles. The maximum Gasteiger partial charge on any atom is 0.275 e. The van der Waals surface area contributed by atoms with E-state index in [2.05, 4.69) is 5.10 Å². The molecule has 7 nitrogen and oxygen atoms in total. The van der Waals surface area contributed by atoms with Gasteiger partial charge >= 0.3 is 0 Å². The number of H-pyrrole nitrogens is 1. The summed E-state index contributed by atoms with van der Waals surface area (Å²) in [6.07, 6.45) is 2.47. The number of allylic oxidation sites excluding steroid dienone is 1. The third-order valence-electron chi connectivity index (χ3n) is 6.01. The smallest absolute Gasteiger partial charge is 0.275 e. The molecule has 3 aromatic carbocycles. The summed E-state index contributed by atoms with van der Waals surface area (Å²) in [5.74, 6) is 0.527. The number of fused-ring (bicyclic) bond motifs is 1. The zero-order valence-corrected chi connectivity index (χ0v) is 17.9. The molecule has 0 fully saturated rings. The number of ether oxygens (including phenoxy) is 1. The van der Waals surface area contributed by atoms with Gasteiger partial charge in [-0.1, -0.05) is 42.5 Å². The number of para-hydroxylation sites is 1. The number of benzene rings is 3. The molecule has 1 aromatic heterocycles. The first-order valence-electron chi connectivity index (χ1n) is 10.5. The molecule has 1 unspecified atom stereocenters. The van der Waals surface area contributed by atoms with Gasteiger partial charge in [0.2, 0.25) is 0 Å². The van der Waals surface area contributed by atoms with E-state index in [9.17, 15) is 14.9 Å². The molecule has 1 N–H and O–H groups in total. The van der Waals surface area contributed by atoms with Crippen molar-refractivity contribution in [2.75, 3.05) is 7.11 Å². The van der Waals surface area contributed by atoms with E-state index in [-0.39, 0.29) is 17.2 Å². The van der Waals surface area contributed by atoms with Crippen LogP contribution in [0.4, 0.5) is 5.69 Å². The highest BCUT2D eigenvalue weighted by Crippen LogP contribution is 2.41. The Balaban J connectivity index is 1.68. The van der Waals surface area contributed by atoms with Gasteiger partial charge in [-0.15, -0.1) is 0 Å². The lowest BCUT2D eigenvalue weighted by Crippen LogP contribution is -2.21. The van der Waals surface area contributed by atoms with Crippen LogP contribution in [0.3, 0.4) is 0 Å². The molecule has 1 heterocycles. The highest BCUT2D eigenvalue weighted by atomic mass is 16.6. The SMILES string of the molecule is COc1ccc(C2CC(c3cccc([N+](=O)[O-])c3)=Cc3[nH]n(-c4ccccc4)c(=O)c32)cc1. The fourth-order valence-corrected chi connectivity index (χ4v) is 4.37. The largest absolute Gasteiger partial charge is 0.497 e. The minimum atomic E-state index is -0.396. The molecule has 0 amide bonds. The summed E-state index contributed by atoms with van der Waals surface area (Å²) in [6, 6.07) is 23.7. The van der Waals surface area contributed by atoms with Crippen LogP contribution in [-0.2, 0) is 0 Å². The van der Waals surface area contributed by atoms with Gasteiger partial charge in [-0.05, 0) is 53.5 Å². The van der Waals surface area contributed by atoms with Crippen molar-refractivity contribution in [1.29, 1.82) is 0 Å². The Labute approximate surface area is 189 Å². The molecule has 0 saturated carbocycles. The molecule has 0 saturated heterocycles. The highest BCUT2D eigenvalue weighted by Gasteiger charge is 2.30. The average Bonchev–Trinajstić information content (AvgIpc) is 3.20. The lowest BCUT2D eigenvalue weighted by Gasteiger charge is -2.23. The lowest BCUT2D eigenvalue weighted by atomic mass is 9.80. The zero-order valence-electron chi connectivity index (χ0n) is 17.9. The molecule has 0 bridgehead atoms. The van der Waals surface area contributed by atoms with Crippen molar-refractivity contribution < 1.29 is 9.66 Å². The third-order valence-corrected chi connectivity index (χ3v) is 6.01. The first-order chi connectivity index (χ1) is 16.0. The van der Waals surface area contributed by atoms with Gasteiger partial charge in [-0.25, -0.2) is 4.68 Å². The number of rotatable bonds is 5. The van der Waals surface area contributed by atoms with Gasteiger partial charge in [0.05, 0.1) is 29.0 Å². The number of methoxy groups -OCH3 is 1. The van der Waals surface area contributed by atoms with Crippen LogP contribution in [0.25, 0.3) is 17.3 Å². The fraction of sp³-hybridized carbons (Fsp3) is 0.115. The van der Waals surface area contributed by atoms with Crippen LogP contribution in [0, 0.1) is 10.1 Å². The molecule has 1 atom stereocenters. The number of aromatic nitrogens is 2. The van der Waals surface area contributed by atoms with E-state index in [1.165, 1.54) is 6.07 Å². The third kappa shape index (κ3) is 3.74. The average molecular weight is 439 g/mol. The lowest BCUT2D eigenvalue weighted by molar-refractivity contribution is -0.384. The second-order valence-corrected chi connectivity index (χ2v) is 7.92. The highest BCUT2D eigenvalue weighted by molar-refractivity contribution is 5.85. The standard InChI is InChI=1S/C26H21N3O4/c1-33-22-12-10-17(11-13-22)23-15-19(18-6-5-9-21(14-18)29(31)32)16-24-25(23)26(30)28(27-24)20-7-3-2-4-8-20/h2-14,16,23,27H,15H2,1H3. The van der Waals surface area contributed by atoms with Gasteiger partial charge < -0.3 is 4.74 Å². The van der Waals surface area contributed by atoms with Gasteiger partial charge in [-0.3, -0.25) is 20.0 Å². The van der Waals surface area contributed by atoms with E-state index < -0.39 is 4.92 Å². The molecular weight excluding hydrogens is 418 g/mol. The zero-order chi connectivity index (χ0) is 22.9.